The minimum Gasteiger partial charge on any atom is -0.379 e. The van der Waals surface area contributed by atoms with Gasteiger partial charge in [0.2, 0.25) is 0 Å². The first-order valence-electron chi connectivity index (χ1n) is 14.2. The number of unbranched alkanes of at least 4 members (excludes halogenated alkanes) is 12. The largest absolute Gasteiger partial charge is 0.379 e. The van der Waals surface area contributed by atoms with Crippen LogP contribution in [0.1, 0.15) is 111 Å². The summed E-state index contributed by atoms with van der Waals surface area (Å²) in [6.07, 6.45) is 19.1. The molecule has 0 spiro atoms. The Morgan fingerprint density at radius 1 is 0.394 bits per heavy atom. The van der Waals surface area contributed by atoms with Crippen molar-refractivity contribution in [2.45, 2.75) is 111 Å². The number of rotatable bonds is 29. The van der Waals surface area contributed by atoms with Crippen molar-refractivity contribution < 1.29 is 23.7 Å². The summed E-state index contributed by atoms with van der Waals surface area (Å²) in [6, 6.07) is 0. The van der Waals surface area contributed by atoms with Crippen molar-refractivity contribution >= 4 is 0 Å². The average molecular weight is 475 g/mol. The van der Waals surface area contributed by atoms with Crippen LogP contribution in [0.2, 0.25) is 0 Å². The minimum absolute atomic E-state index is 0.601. The monoisotopic (exact) mass is 474 g/mol. The summed E-state index contributed by atoms with van der Waals surface area (Å²) in [5.41, 5.74) is 0. The van der Waals surface area contributed by atoms with E-state index in [-0.39, 0.29) is 0 Å². The molecular weight excluding hydrogens is 416 g/mol. The smallest absolute Gasteiger partial charge is 0.0701 e. The Hall–Kier alpha value is -0.200. The highest BCUT2D eigenvalue weighted by Gasteiger charge is 1.98. The van der Waals surface area contributed by atoms with Crippen molar-refractivity contribution in [3.05, 3.63) is 0 Å². The van der Waals surface area contributed by atoms with Crippen LogP contribution in [0.4, 0.5) is 0 Å². The van der Waals surface area contributed by atoms with Gasteiger partial charge in [-0.1, -0.05) is 104 Å². The molecule has 33 heavy (non-hydrogen) atoms. The molecule has 0 aliphatic heterocycles. The maximum atomic E-state index is 5.65. The van der Waals surface area contributed by atoms with Gasteiger partial charge in [0.15, 0.2) is 0 Å². The van der Waals surface area contributed by atoms with Gasteiger partial charge < -0.3 is 23.7 Å². The van der Waals surface area contributed by atoms with Gasteiger partial charge in [0.1, 0.15) is 0 Å². The van der Waals surface area contributed by atoms with E-state index >= 15 is 0 Å². The Labute approximate surface area is 206 Å². The molecule has 0 aliphatic carbocycles. The predicted molar refractivity (Wildman–Crippen MR) is 139 cm³/mol. The molecule has 0 rings (SSSR count). The van der Waals surface area contributed by atoms with Gasteiger partial charge in [-0.3, -0.25) is 0 Å². The quantitative estimate of drug-likeness (QED) is 0.107. The predicted octanol–water partition coefficient (Wildman–Crippen LogP) is 7.21. The molecule has 0 amide bonds. The standard InChI is InChI=1S/C28H58O5/c1-4-6-7-8-9-10-11-12-13-14-15-16-17-18-29-19-20-30-21-22-31-23-24-32-25-26-33-27-28(3)5-2/h28H,4-27H2,1-3H3. The highest BCUT2D eigenvalue weighted by Crippen LogP contribution is 2.12. The Morgan fingerprint density at radius 3 is 1.12 bits per heavy atom. The molecule has 0 heterocycles. The van der Waals surface area contributed by atoms with Gasteiger partial charge in [0.05, 0.1) is 52.9 Å². The normalized spacial score (nSPS) is 12.5. The third-order valence-corrected chi connectivity index (χ3v) is 5.98. The number of hydrogen-bond acceptors (Lipinski definition) is 5. The van der Waals surface area contributed by atoms with Gasteiger partial charge in [-0.15, -0.1) is 0 Å². The van der Waals surface area contributed by atoms with Crippen LogP contribution in [0.5, 0.6) is 0 Å². The SMILES string of the molecule is CCCCCCCCCCCCCCCOCCOCCOCCOCCOCC(C)CC. The third kappa shape index (κ3) is 29.8. The zero-order valence-corrected chi connectivity index (χ0v) is 22.6. The van der Waals surface area contributed by atoms with E-state index in [4.69, 9.17) is 23.7 Å². The number of hydrogen-bond donors (Lipinski definition) is 0. The Balaban J connectivity index is 3.01. The van der Waals surface area contributed by atoms with E-state index in [1.54, 1.807) is 0 Å². The Bertz CT molecular complexity index is 340. The molecule has 0 fully saturated rings. The molecule has 0 aliphatic rings. The van der Waals surface area contributed by atoms with Gasteiger partial charge in [-0.25, -0.2) is 0 Å². The van der Waals surface area contributed by atoms with Crippen molar-refractivity contribution in [2.24, 2.45) is 5.92 Å². The van der Waals surface area contributed by atoms with E-state index < -0.39 is 0 Å². The fourth-order valence-corrected chi connectivity index (χ4v) is 3.50. The first-order valence-corrected chi connectivity index (χ1v) is 14.2. The molecule has 200 valence electrons. The lowest BCUT2D eigenvalue weighted by atomic mass is 10.0. The summed E-state index contributed by atoms with van der Waals surface area (Å²) in [6.45, 7) is 13.4. The van der Waals surface area contributed by atoms with Crippen molar-refractivity contribution in [1.29, 1.82) is 0 Å². The fraction of sp³-hybridized carbons (Fsp3) is 1.00. The molecule has 0 aromatic heterocycles. The Kier molecular flexibility index (Phi) is 29.7. The lowest BCUT2D eigenvalue weighted by Gasteiger charge is -2.10. The van der Waals surface area contributed by atoms with Gasteiger partial charge in [0, 0.05) is 13.2 Å². The second-order valence-electron chi connectivity index (χ2n) is 9.28. The van der Waals surface area contributed by atoms with Crippen LogP contribution in [0, 0.1) is 5.92 Å². The molecule has 0 saturated heterocycles. The van der Waals surface area contributed by atoms with Crippen LogP contribution in [-0.4, -0.2) is 66.1 Å². The van der Waals surface area contributed by atoms with Gasteiger partial charge in [-0.05, 0) is 12.3 Å². The molecule has 5 heteroatoms. The van der Waals surface area contributed by atoms with Crippen molar-refractivity contribution in [2.75, 3.05) is 66.1 Å². The molecule has 0 N–H and O–H groups in total. The van der Waals surface area contributed by atoms with Crippen molar-refractivity contribution in [3.63, 3.8) is 0 Å². The van der Waals surface area contributed by atoms with Gasteiger partial charge in [-0.2, -0.15) is 0 Å². The maximum Gasteiger partial charge on any atom is 0.0701 e. The molecule has 1 atom stereocenters. The Morgan fingerprint density at radius 2 is 0.727 bits per heavy atom. The van der Waals surface area contributed by atoms with Crippen LogP contribution >= 0.6 is 0 Å². The summed E-state index contributed by atoms with van der Waals surface area (Å²) < 4.78 is 27.7. The molecule has 0 saturated carbocycles. The van der Waals surface area contributed by atoms with Gasteiger partial charge >= 0.3 is 0 Å². The zero-order chi connectivity index (χ0) is 24.1. The van der Waals surface area contributed by atoms with Crippen LogP contribution < -0.4 is 0 Å². The van der Waals surface area contributed by atoms with Crippen LogP contribution in [0.3, 0.4) is 0 Å². The molecule has 1 unspecified atom stereocenters. The first kappa shape index (κ1) is 32.8. The van der Waals surface area contributed by atoms with E-state index in [0.29, 0.717) is 58.8 Å². The lowest BCUT2D eigenvalue weighted by molar-refractivity contribution is -0.0133. The third-order valence-electron chi connectivity index (χ3n) is 5.98. The summed E-state index contributed by atoms with van der Waals surface area (Å²) in [5.74, 6) is 0.623. The van der Waals surface area contributed by atoms with Crippen LogP contribution in [0.15, 0.2) is 0 Å². The molecule has 0 radical (unpaired) electrons. The van der Waals surface area contributed by atoms with Crippen LogP contribution in [-0.2, 0) is 23.7 Å². The molecule has 5 nitrogen and oxygen atoms in total. The lowest BCUT2D eigenvalue weighted by Crippen LogP contribution is -2.14. The van der Waals surface area contributed by atoms with Crippen molar-refractivity contribution in [3.8, 4) is 0 Å². The van der Waals surface area contributed by atoms with E-state index in [0.717, 1.165) is 19.6 Å². The topological polar surface area (TPSA) is 46.2 Å². The second-order valence-corrected chi connectivity index (χ2v) is 9.28. The molecule has 0 aromatic carbocycles. The summed E-state index contributed by atoms with van der Waals surface area (Å²) >= 11 is 0. The zero-order valence-electron chi connectivity index (χ0n) is 22.6. The molecular formula is C28H58O5. The molecule has 0 aromatic rings. The minimum atomic E-state index is 0.601. The van der Waals surface area contributed by atoms with Gasteiger partial charge in [0.25, 0.3) is 0 Å². The van der Waals surface area contributed by atoms with E-state index in [1.807, 2.05) is 0 Å². The first-order chi connectivity index (χ1) is 16.3. The van der Waals surface area contributed by atoms with E-state index in [1.165, 1.54) is 83.5 Å². The van der Waals surface area contributed by atoms with Crippen LogP contribution in [0.25, 0.3) is 0 Å². The summed E-state index contributed by atoms with van der Waals surface area (Å²) in [4.78, 5) is 0. The van der Waals surface area contributed by atoms with Crippen molar-refractivity contribution in [1.82, 2.24) is 0 Å². The highest BCUT2D eigenvalue weighted by molar-refractivity contribution is 4.49. The second kappa shape index (κ2) is 29.8. The number of ether oxygens (including phenoxy) is 5. The highest BCUT2D eigenvalue weighted by atomic mass is 16.6. The molecule has 0 bridgehead atoms. The summed E-state index contributed by atoms with van der Waals surface area (Å²) in [7, 11) is 0. The van der Waals surface area contributed by atoms with E-state index in [9.17, 15) is 0 Å². The average Bonchev–Trinajstić information content (AvgIpc) is 2.83. The van der Waals surface area contributed by atoms with E-state index in [2.05, 4.69) is 20.8 Å². The maximum absolute atomic E-state index is 5.65. The summed E-state index contributed by atoms with van der Waals surface area (Å²) in [5, 5.41) is 0. The fourth-order valence-electron chi connectivity index (χ4n) is 3.50.